The highest BCUT2D eigenvalue weighted by Crippen LogP contribution is 2.20. The van der Waals surface area contributed by atoms with E-state index in [0.29, 0.717) is 28.6 Å². The average molecular weight is 382 g/mol. The lowest BCUT2D eigenvalue weighted by atomic mass is 10.1. The number of nitro groups is 1. The summed E-state index contributed by atoms with van der Waals surface area (Å²) in [5, 5.41) is 24.7. The Hall–Kier alpha value is -3.52. The lowest BCUT2D eigenvalue weighted by Gasteiger charge is -2.09. The Labute approximate surface area is 160 Å². The van der Waals surface area contributed by atoms with Crippen molar-refractivity contribution in [1.29, 1.82) is 0 Å². The fourth-order valence-electron chi connectivity index (χ4n) is 2.44. The Morgan fingerprint density at radius 1 is 1.15 bits per heavy atom. The van der Waals surface area contributed by atoms with E-state index in [0.717, 1.165) is 0 Å². The third kappa shape index (κ3) is 4.36. The minimum Gasteiger partial charge on any atom is -0.502 e. The van der Waals surface area contributed by atoms with E-state index in [1.807, 2.05) is 12.1 Å². The molecule has 8 heteroatoms. The molecule has 0 atom stereocenters. The number of thiocarbonyl (C=S) groups is 1. The molecule has 0 aliphatic rings. The molecule has 7 nitrogen and oxygen atoms in total. The highest BCUT2D eigenvalue weighted by atomic mass is 32.1. The Balaban J connectivity index is 1.96. The Morgan fingerprint density at radius 3 is 2.44 bits per heavy atom. The molecule has 0 radical (unpaired) electrons. The van der Waals surface area contributed by atoms with Crippen LogP contribution in [0.1, 0.15) is 11.3 Å². The van der Waals surface area contributed by atoms with Gasteiger partial charge in [0.25, 0.3) is 11.4 Å². The first-order valence-electron chi connectivity index (χ1n) is 8.01. The predicted octanol–water partition coefficient (Wildman–Crippen LogP) is 3.48. The molecule has 3 rings (SSSR count). The number of furan rings is 1. The number of aliphatic hydroxyl groups is 1. The third-order valence-corrected chi connectivity index (χ3v) is 4.11. The maximum absolute atomic E-state index is 10.8. The van der Waals surface area contributed by atoms with Gasteiger partial charge in [0.2, 0.25) is 0 Å². The number of nitrogens with one attached hydrogen (secondary N) is 1. The van der Waals surface area contributed by atoms with E-state index in [2.05, 4.69) is 5.32 Å². The Morgan fingerprint density at radius 2 is 1.85 bits per heavy atom. The normalized spacial score (nSPS) is 11.6. The Bertz CT molecular complexity index is 968. The zero-order valence-corrected chi connectivity index (χ0v) is 14.9. The topological polar surface area (TPSA) is 92.4 Å². The van der Waals surface area contributed by atoms with Crippen molar-refractivity contribution in [3.8, 4) is 0 Å². The van der Waals surface area contributed by atoms with Crippen LogP contribution in [0, 0.1) is 10.1 Å². The van der Waals surface area contributed by atoms with Gasteiger partial charge in [0.15, 0.2) is 23.1 Å². The number of pyridine rings is 1. The van der Waals surface area contributed by atoms with Crippen LogP contribution in [0.5, 0.6) is 0 Å². The van der Waals surface area contributed by atoms with Crippen molar-refractivity contribution in [2.75, 3.05) is 0 Å². The molecule has 2 N–H and O–H groups in total. The van der Waals surface area contributed by atoms with Crippen LogP contribution in [-0.4, -0.2) is 15.0 Å². The fourth-order valence-corrected chi connectivity index (χ4v) is 2.71. The number of aromatic nitrogens is 1. The van der Waals surface area contributed by atoms with Crippen LogP contribution in [0.3, 0.4) is 0 Å². The number of nitro benzene ring substituents is 1. The molecule has 0 unspecified atom stereocenters. The first-order chi connectivity index (χ1) is 13.1. The first-order valence-corrected chi connectivity index (χ1v) is 8.42. The smallest absolute Gasteiger partial charge is 0.287 e. The summed E-state index contributed by atoms with van der Waals surface area (Å²) in [4.78, 5) is 10.6. The molecule has 2 heterocycles. The number of aliphatic hydroxyl groups excluding tert-OH is 1. The molecule has 0 bridgehead atoms. The van der Waals surface area contributed by atoms with Crippen LogP contribution in [0.2, 0.25) is 0 Å². The molecule has 0 aliphatic carbocycles. The van der Waals surface area contributed by atoms with Crippen LogP contribution < -0.4 is 9.88 Å². The quantitative estimate of drug-likeness (QED) is 0.169. The van der Waals surface area contributed by atoms with E-state index < -0.39 is 4.92 Å². The molecular weight excluding hydrogens is 366 g/mol. The lowest BCUT2D eigenvalue weighted by molar-refractivity contribution is -0.576. The monoisotopic (exact) mass is 382 g/mol. The number of hydrogen-bond donors (Lipinski definition) is 2. The van der Waals surface area contributed by atoms with Crippen molar-refractivity contribution in [2.45, 2.75) is 6.54 Å². The average Bonchev–Trinajstić information content (AvgIpc) is 3.21. The standard InChI is InChI=1S/C19H15N3O4S/c23-18(14-6-8-15(9-7-14)22(24)25)17(21-10-2-1-3-11-21)19(27)20-13-16-5-4-12-26-16/h1-12H,13H2,(H-,20,23,27)/p+1. The highest BCUT2D eigenvalue weighted by Gasteiger charge is 2.23. The Kier molecular flexibility index (Phi) is 5.58. The van der Waals surface area contributed by atoms with Gasteiger partial charge in [0, 0.05) is 29.8 Å². The molecule has 1 aromatic carbocycles. The lowest BCUT2D eigenvalue weighted by Crippen LogP contribution is -2.40. The van der Waals surface area contributed by atoms with Crippen LogP contribution in [0.25, 0.3) is 11.5 Å². The van der Waals surface area contributed by atoms with Gasteiger partial charge < -0.3 is 14.8 Å². The summed E-state index contributed by atoms with van der Waals surface area (Å²) in [6.45, 7) is 0.357. The molecule has 2 aromatic heterocycles. The number of nitrogens with zero attached hydrogens (tertiary/aromatic N) is 2. The van der Waals surface area contributed by atoms with Gasteiger partial charge in [-0.05, 0) is 24.3 Å². The molecule has 27 heavy (non-hydrogen) atoms. The minimum absolute atomic E-state index is 0.0565. The van der Waals surface area contributed by atoms with Gasteiger partial charge in [-0.15, -0.1) is 0 Å². The molecule has 0 aliphatic heterocycles. The minimum atomic E-state index is -0.493. The molecule has 0 amide bonds. The maximum atomic E-state index is 10.8. The van der Waals surface area contributed by atoms with Crippen molar-refractivity contribution in [3.63, 3.8) is 0 Å². The van der Waals surface area contributed by atoms with Gasteiger partial charge in [0.1, 0.15) is 5.76 Å². The summed E-state index contributed by atoms with van der Waals surface area (Å²) >= 11 is 5.47. The zero-order valence-electron chi connectivity index (χ0n) is 14.1. The first kappa shape index (κ1) is 18.3. The van der Waals surface area contributed by atoms with E-state index in [1.54, 1.807) is 41.4 Å². The summed E-state index contributed by atoms with van der Waals surface area (Å²) in [6, 6.07) is 14.7. The van der Waals surface area contributed by atoms with Crippen molar-refractivity contribution in [1.82, 2.24) is 5.32 Å². The number of non-ortho nitro benzene ring substituents is 1. The fraction of sp³-hybridized carbons (Fsp3) is 0.0526. The number of benzene rings is 1. The maximum Gasteiger partial charge on any atom is 0.287 e. The molecule has 3 aromatic rings. The molecular formula is C19H16N3O4S+. The van der Waals surface area contributed by atoms with Gasteiger partial charge in [-0.2, -0.15) is 4.57 Å². The second-order valence-corrected chi connectivity index (χ2v) is 5.95. The predicted molar refractivity (Wildman–Crippen MR) is 104 cm³/mol. The second-order valence-electron chi connectivity index (χ2n) is 5.55. The summed E-state index contributed by atoms with van der Waals surface area (Å²) in [5.41, 5.74) is 0.707. The van der Waals surface area contributed by atoms with E-state index in [-0.39, 0.29) is 11.4 Å². The van der Waals surface area contributed by atoms with Crippen LogP contribution in [0.15, 0.2) is 77.7 Å². The van der Waals surface area contributed by atoms with Gasteiger partial charge in [-0.1, -0.05) is 18.3 Å². The summed E-state index contributed by atoms with van der Waals surface area (Å²) in [7, 11) is 0. The van der Waals surface area contributed by atoms with E-state index in [1.165, 1.54) is 24.3 Å². The van der Waals surface area contributed by atoms with Crippen molar-refractivity contribution < 1.29 is 19.0 Å². The van der Waals surface area contributed by atoms with Gasteiger partial charge in [0.05, 0.1) is 17.7 Å². The van der Waals surface area contributed by atoms with Gasteiger partial charge >= 0.3 is 0 Å². The number of hydrogen-bond acceptors (Lipinski definition) is 5. The summed E-state index contributed by atoms with van der Waals surface area (Å²) in [5.74, 6) is 0.600. The SMILES string of the molecule is O=[N+]([O-])c1ccc(C(O)=C(C(=S)NCc2ccco2)[n+]2ccccc2)cc1. The van der Waals surface area contributed by atoms with Crippen molar-refractivity contribution in [3.05, 3.63) is 94.7 Å². The molecule has 0 saturated heterocycles. The van der Waals surface area contributed by atoms with Gasteiger partial charge in [-0.3, -0.25) is 10.1 Å². The molecule has 0 spiro atoms. The van der Waals surface area contributed by atoms with Crippen LogP contribution in [-0.2, 0) is 6.54 Å². The third-order valence-electron chi connectivity index (χ3n) is 3.77. The second kappa shape index (κ2) is 8.24. The summed E-state index contributed by atoms with van der Waals surface area (Å²) in [6.07, 6.45) is 5.06. The van der Waals surface area contributed by atoms with Crippen molar-refractivity contribution in [2.24, 2.45) is 0 Å². The zero-order chi connectivity index (χ0) is 19.2. The van der Waals surface area contributed by atoms with Crippen LogP contribution in [0.4, 0.5) is 5.69 Å². The molecule has 0 fully saturated rings. The van der Waals surface area contributed by atoms with Crippen molar-refractivity contribution >= 4 is 34.3 Å². The molecule has 0 saturated carbocycles. The largest absolute Gasteiger partial charge is 0.502 e. The number of rotatable bonds is 6. The van der Waals surface area contributed by atoms with E-state index >= 15 is 0 Å². The van der Waals surface area contributed by atoms with Crippen LogP contribution >= 0.6 is 12.2 Å². The summed E-state index contributed by atoms with van der Waals surface area (Å²) < 4.78 is 6.95. The molecule has 136 valence electrons. The van der Waals surface area contributed by atoms with Gasteiger partial charge in [-0.25, -0.2) is 0 Å². The van der Waals surface area contributed by atoms with E-state index in [4.69, 9.17) is 16.6 Å². The highest BCUT2D eigenvalue weighted by molar-refractivity contribution is 7.81. The van der Waals surface area contributed by atoms with E-state index in [9.17, 15) is 15.2 Å².